The zero-order valence-corrected chi connectivity index (χ0v) is 18.9. The van der Waals surface area contributed by atoms with Gasteiger partial charge >= 0.3 is 6.09 Å². The van der Waals surface area contributed by atoms with Gasteiger partial charge in [0.2, 0.25) is 0 Å². The molecular formula is C23H22Cl2N2O4. The number of hydrogen-bond donors (Lipinski definition) is 1. The van der Waals surface area contributed by atoms with Crippen LogP contribution in [0.4, 0.5) is 10.5 Å². The highest BCUT2D eigenvalue weighted by molar-refractivity contribution is 6.42. The predicted octanol–water partition coefficient (Wildman–Crippen LogP) is 6.45. The van der Waals surface area contributed by atoms with E-state index in [-0.39, 0.29) is 12.0 Å². The van der Waals surface area contributed by atoms with E-state index in [0.717, 1.165) is 11.1 Å². The van der Waals surface area contributed by atoms with E-state index in [1.807, 2.05) is 32.9 Å². The first-order valence-electron chi connectivity index (χ1n) is 9.91. The van der Waals surface area contributed by atoms with E-state index in [2.05, 4.69) is 5.32 Å². The third kappa shape index (κ3) is 4.50. The van der Waals surface area contributed by atoms with Crippen LogP contribution in [-0.4, -0.2) is 35.6 Å². The first kappa shape index (κ1) is 21.5. The molecule has 2 amide bonds. The summed E-state index contributed by atoms with van der Waals surface area (Å²) in [6.45, 7) is 6.42. The van der Waals surface area contributed by atoms with Crippen molar-refractivity contribution < 1.29 is 18.7 Å². The maximum absolute atomic E-state index is 13.1. The Kier molecular flexibility index (Phi) is 5.62. The molecule has 3 heterocycles. The fourth-order valence-corrected chi connectivity index (χ4v) is 3.85. The molecule has 0 atom stereocenters. The van der Waals surface area contributed by atoms with Crippen molar-refractivity contribution >= 4 is 57.6 Å². The zero-order chi connectivity index (χ0) is 22.3. The molecule has 162 valence electrons. The number of halogens is 2. The molecule has 1 aromatic carbocycles. The smallest absolute Gasteiger partial charge is 0.410 e. The monoisotopic (exact) mass is 460 g/mol. The van der Waals surface area contributed by atoms with Crippen LogP contribution in [0.2, 0.25) is 10.0 Å². The molecule has 0 saturated heterocycles. The van der Waals surface area contributed by atoms with Gasteiger partial charge in [-0.25, -0.2) is 4.79 Å². The molecule has 1 aliphatic rings. The first-order chi connectivity index (χ1) is 14.6. The normalized spacial score (nSPS) is 14.6. The maximum Gasteiger partial charge on any atom is 0.410 e. The van der Waals surface area contributed by atoms with E-state index in [1.165, 1.54) is 0 Å². The topological polar surface area (TPSA) is 71.8 Å². The Labute approximate surface area is 190 Å². The highest BCUT2D eigenvalue weighted by Gasteiger charge is 2.29. The molecule has 0 unspecified atom stereocenters. The summed E-state index contributed by atoms with van der Waals surface area (Å²) in [5.41, 5.74) is 3.35. The van der Waals surface area contributed by atoms with Gasteiger partial charge in [-0.05, 0) is 63.1 Å². The van der Waals surface area contributed by atoms with E-state index in [9.17, 15) is 9.59 Å². The number of anilines is 1. The van der Waals surface area contributed by atoms with Gasteiger partial charge in [0.05, 0.1) is 15.6 Å². The van der Waals surface area contributed by atoms with Crippen LogP contribution in [0.3, 0.4) is 0 Å². The molecule has 0 fully saturated rings. The largest absolute Gasteiger partial charge is 0.456 e. The van der Waals surface area contributed by atoms with E-state index in [0.29, 0.717) is 52.0 Å². The van der Waals surface area contributed by atoms with Gasteiger partial charge in [-0.15, -0.1) is 0 Å². The highest BCUT2D eigenvalue weighted by Crippen LogP contribution is 2.37. The van der Waals surface area contributed by atoms with Crippen molar-refractivity contribution in [1.82, 2.24) is 4.90 Å². The van der Waals surface area contributed by atoms with Crippen molar-refractivity contribution in [2.45, 2.75) is 32.8 Å². The number of ether oxygens (including phenoxy) is 1. The number of carbonyl (C=O) groups is 2. The van der Waals surface area contributed by atoms with Gasteiger partial charge in [0.1, 0.15) is 16.8 Å². The van der Waals surface area contributed by atoms with Crippen molar-refractivity contribution in [3.8, 4) is 0 Å². The van der Waals surface area contributed by atoms with Crippen LogP contribution < -0.4 is 5.32 Å². The third-order valence-electron chi connectivity index (χ3n) is 4.94. The zero-order valence-electron chi connectivity index (χ0n) is 17.4. The van der Waals surface area contributed by atoms with Crippen LogP contribution >= 0.6 is 23.2 Å². The SMILES string of the molecule is CC(C)(C)OC(=O)N1CC=C(c2c(C(=O)Nc3ccc(Cl)c(Cl)c3)c3ccc2o3)CC1. The highest BCUT2D eigenvalue weighted by atomic mass is 35.5. The third-order valence-corrected chi connectivity index (χ3v) is 5.67. The van der Waals surface area contributed by atoms with Gasteiger partial charge in [-0.2, -0.15) is 0 Å². The Balaban J connectivity index is 1.56. The molecule has 0 saturated carbocycles. The second kappa shape index (κ2) is 8.09. The number of rotatable bonds is 3. The molecule has 4 rings (SSSR count). The fourth-order valence-electron chi connectivity index (χ4n) is 3.55. The van der Waals surface area contributed by atoms with Gasteiger partial charge in [-0.1, -0.05) is 29.3 Å². The van der Waals surface area contributed by atoms with Crippen molar-refractivity contribution in [2.24, 2.45) is 0 Å². The Morgan fingerprint density at radius 2 is 1.84 bits per heavy atom. The van der Waals surface area contributed by atoms with Crippen LogP contribution in [0.25, 0.3) is 16.7 Å². The summed E-state index contributed by atoms with van der Waals surface area (Å²) >= 11 is 12.0. The molecule has 2 aromatic heterocycles. The maximum atomic E-state index is 13.1. The summed E-state index contributed by atoms with van der Waals surface area (Å²) in [5.74, 6) is -0.293. The van der Waals surface area contributed by atoms with Crippen LogP contribution in [0, 0.1) is 0 Å². The molecule has 0 aliphatic carbocycles. The van der Waals surface area contributed by atoms with Crippen LogP contribution in [0.5, 0.6) is 0 Å². The van der Waals surface area contributed by atoms with Gasteiger partial charge in [0.25, 0.3) is 5.91 Å². The molecule has 1 aliphatic heterocycles. The van der Waals surface area contributed by atoms with Crippen LogP contribution in [0.15, 0.2) is 40.8 Å². The summed E-state index contributed by atoms with van der Waals surface area (Å²) in [4.78, 5) is 27.1. The second-order valence-corrected chi connectivity index (χ2v) is 9.22. The summed E-state index contributed by atoms with van der Waals surface area (Å²) < 4.78 is 11.2. The van der Waals surface area contributed by atoms with Crippen molar-refractivity contribution in [3.63, 3.8) is 0 Å². The lowest BCUT2D eigenvalue weighted by Gasteiger charge is -2.29. The minimum absolute atomic E-state index is 0.293. The number of benzene rings is 2. The molecular weight excluding hydrogens is 439 g/mol. The molecule has 31 heavy (non-hydrogen) atoms. The van der Waals surface area contributed by atoms with Gasteiger partial charge in [-0.3, -0.25) is 4.79 Å². The first-order valence-corrected chi connectivity index (χ1v) is 10.7. The van der Waals surface area contributed by atoms with Crippen molar-refractivity contribution in [2.75, 3.05) is 18.4 Å². The molecule has 0 radical (unpaired) electrons. The number of nitrogens with one attached hydrogen (secondary N) is 1. The van der Waals surface area contributed by atoms with E-state index in [4.69, 9.17) is 32.4 Å². The average Bonchev–Trinajstić information content (AvgIpc) is 3.31. The molecule has 0 spiro atoms. The van der Waals surface area contributed by atoms with Gasteiger partial charge in [0.15, 0.2) is 0 Å². The number of hydrogen-bond acceptors (Lipinski definition) is 4. The molecule has 8 heteroatoms. The Morgan fingerprint density at radius 3 is 2.48 bits per heavy atom. The minimum Gasteiger partial charge on any atom is -0.456 e. The number of nitrogens with zero attached hydrogens (tertiary/aromatic N) is 1. The number of amides is 2. The summed E-state index contributed by atoms with van der Waals surface area (Å²) in [7, 11) is 0. The Hall–Kier alpha value is -2.70. The Morgan fingerprint density at radius 1 is 1.10 bits per heavy atom. The van der Waals surface area contributed by atoms with Gasteiger partial charge < -0.3 is 19.4 Å². The number of carbonyl (C=O) groups excluding carboxylic acids is 2. The number of fused-ring (bicyclic) bond motifs is 2. The molecule has 3 aromatic rings. The lowest BCUT2D eigenvalue weighted by atomic mass is 9.94. The summed E-state index contributed by atoms with van der Waals surface area (Å²) in [6, 6.07) is 8.54. The lowest BCUT2D eigenvalue weighted by Crippen LogP contribution is -2.39. The van der Waals surface area contributed by atoms with E-state index >= 15 is 0 Å². The number of furan rings is 2. The quantitative estimate of drug-likeness (QED) is 0.486. The second-order valence-electron chi connectivity index (χ2n) is 8.40. The average molecular weight is 461 g/mol. The van der Waals surface area contributed by atoms with Crippen molar-refractivity contribution in [3.05, 3.63) is 57.6 Å². The predicted molar refractivity (Wildman–Crippen MR) is 122 cm³/mol. The lowest BCUT2D eigenvalue weighted by molar-refractivity contribution is 0.0270. The molecule has 2 bridgehead atoms. The van der Waals surface area contributed by atoms with Crippen LogP contribution in [-0.2, 0) is 4.74 Å². The summed E-state index contributed by atoms with van der Waals surface area (Å²) in [6.07, 6.45) is 2.19. The van der Waals surface area contributed by atoms with Crippen molar-refractivity contribution in [1.29, 1.82) is 0 Å². The minimum atomic E-state index is -0.546. The Bertz CT molecular complexity index is 1180. The van der Waals surface area contributed by atoms with E-state index < -0.39 is 5.60 Å². The molecule has 6 nitrogen and oxygen atoms in total. The van der Waals surface area contributed by atoms with Crippen LogP contribution in [0.1, 0.15) is 43.1 Å². The van der Waals surface area contributed by atoms with E-state index in [1.54, 1.807) is 29.2 Å². The standard InChI is InChI=1S/C23H22Cl2N2O4/c1-23(2,3)31-22(29)27-10-8-13(9-11-27)19-17-6-7-18(30-17)20(19)21(28)26-14-4-5-15(24)16(25)12-14/h4-8,12H,9-11H2,1-3H3,(H,26,28). The fraction of sp³-hybridized carbons (Fsp3) is 0.304. The summed E-state index contributed by atoms with van der Waals surface area (Å²) in [5, 5.41) is 3.63. The molecule has 1 N–H and O–H groups in total. The van der Waals surface area contributed by atoms with Gasteiger partial charge in [0, 0.05) is 24.3 Å².